The second-order valence-corrected chi connectivity index (χ2v) is 7.20. The number of carbonyl (C=O) groups is 1. The number of thioether (sulfide) groups is 1. The van der Waals surface area contributed by atoms with E-state index in [1.165, 1.54) is 11.8 Å². The first-order valence-electron chi connectivity index (χ1n) is 9.13. The van der Waals surface area contributed by atoms with E-state index in [0.717, 1.165) is 11.4 Å². The second-order valence-electron chi connectivity index (χ2n) is 6.26. The molecule has 0 aliphatic rings. The van der Waals surface area contributed by atoms with Crippen molar-refractivity contribution in [2.24, 2.45) is 0 Å². The molecular formula is C22H19N3O4S. The van der Waals surface area contributed by atoms with Gasteiger partial charge in [-0.05, 0) is 60.7 Å². The fourth-order valence-electron chi connectivity index (χ4n) is 2.88. The Balaban J connectivity index is 1.61. The molecule has 0 aliphatic carbocycles. The number of nitrogens with zero attached hydrogens (tertiary/aromatic N) is 3. The number of furan rings is 1. The van der Waals surface area contributed by atoms with Crippen LogP contribution in [0.4, 0.5) is 0 Å². The van der Waals surface area contributed by atoms with Gasteiger partial charge in [0.05, 0.1) is 31.9 Å². The molecule has 7 nitrogen and oxygen atoms in total. The Labute approximate surface area is 177 Å². The van der Waals surface area contributed by atoms with Gasteiger partial charge < -0.3 is 13.9 Å². The fourth-order valence-corrected chi connectivity index (χ4v) is 3.73. The molecule has 0 bridgehead atoms. The molecule has 30 heavy (non-hydrogen) atoms. The van der Waals surface area contributed by atoms with Crippen LogP contribution >= 0.6 is 11.8 Å². The van der Waals surface area contributed by atoms with Crippen LogP contribution in [0.3, 0.4) is 0 Å². The first kappa shape index (κ1) is 19.8. The summed E-state index contributed by atoms with van der Waals surface area (Å²) in [6.45, 7) is 0. The van der Waals surface area contributed by atoms with E-state index in [2.05, 4.69) is 10.2 Å². The SMILES string of the molecule is COc1ccc(C(=O)CSc2nnc(-c3ccco3)n2-c2ccc(OC)cc2)cc1. The van der Waals surface area contributed by atoms with Gasteiger partial charge in [-0.25, -0.2) is 0 Å². The lowest BCUT2D eigenvalue weighted by Crippen LogP contribution is -2.05. The van der Waals surface area contributed by atoms with Crippen molar-refractivity contribution < 1.29 is 18.7 Å². The number of Topliss-reactive ketones (excluding diaryl/α,β-unsaturated/α-hetero) is 1. The van der Waals surface area contributed by atoms with Crippen LogP contribution in [0.5, 0.6) is 11.5 Å². The summed E-state index contributed by atoms with van der Waals surface area (Å²) in [6, 6.07) is 18.2. The molecule has 0 aliphatic heterocycles. The lowest BCUT2D eigenvalue weighted by molar-refractivity contribution is 0.102. The average molecular weight is 421 g/mol. The highest BCUT2D eigenvalue weighted by atomic mass is 32.2. The summed E-state index contributed by atoms with van der Waals surface area (Å²) in [4.78, 5) is 12.6. The first-order chi connectivity index (χ1) is 14.7. The van der Waals surface area contributed by atoms with Crippen LogP contribution in [-0.2, 0) is 0 Å². The molecule has 2 heterocycles. The highest BCUT2D eigenvalue weighted by molar-refractivity contribution is 7.99. The third kappa shape index (κ3) is 4.08. The van der Waals surface area contributed by atoms with Crippen LogP contribution in [0.15, 0.2) is 76.5 Å². The number of rotatable bonds is 8. The summed E-state index contributed by atoms with van der Waals surface area (Å²) in [7, 11) is 3.21. The molecule has 0 spiro atoms. The Morgan fingerprint density at radius 2 is 1.63 bits per heavy atom. The average Bonchev–Trinajstić information content (AvgIpc) is 3.47. The van der Waals surface area contributed by atoms with Gasteiger partial charge in [-0.15, -0.1) is 10.2 Å². The number of carbonyl (C=O) groups excluding carboxylic acids is 1. The van der Waals surface area contributed by atoms with Crippen molar-refractivity contribution in [2.75, 3.05) is 20.0 Å². The minimum atomic E-state index is -0.00789. The highest BCUT2D eigenvalue weighted by Crippen LogP contribution is 2.29. The maximum atomic E-state index is 12.6. The number of ether oxygens (including phenoxy) is 2. The van der Waals surface area contributed by atoms with E-state index in [-0.39, 0.29) is 11.5 Å². The number of hydrogen-bond donors (Lipinski definition) is 0. The molecule has 4 rings (SSSR count). The Hall–Kier alpha value is -3.52. The number of methoxy groups -OCH3 is 2. The number of benzene rings is 2. The molecule has 0 unspecified atom stereocenters. The maximum Gasteiger partial charge on any atom is 0.205 e. The smallest absolute Gasteiger partial charge is 0.205 e. The monoisotopic (exact) mass is 421 g/mol. The Kier molecular flexibility index (Phi) is 5.85. The molecule has 8 heteroatoms. The fraction of sp³-hybridized carbons (Fsp3) is 0.136. The summed E-state index contributed by atoms with van der Waals surface area (Å²) in [5.41, 5.74) is 1.46. The molecule has 0 atom stereocenters. The number of ketones is 1. The molecular weight excluding hydrogens is 402 g/mol. The van der Waals surface area contributed by atoms with Crippen LogP contribution in [0.25, 0.3) is 17.3 Å². The van der Waals surface area contributed by atoms with Gasteiger partial charge in [0.15, 0.2) is 16.7 Å². The zero-order valence-electron chi connectivity index (χ0n) is 16.4. The summed E-state index contributed by atoms with van der Waals surface area (Å²) < 4.78 is 17.8. The van der Waals surface area contributed by atoms with E-state index in [1.807, 2.05) is 34.9 Å². The molecule has 152 valence electrons. The predicted molar refractivity (Wildman–Crippen MR) is 114 cm³/mol. The van der Waals surface area contributed by atoms with Crippen molar-refractivity contribution in [3.63, 3.8) is 0 Å². The third-order valence-electron chi connectivity index (χ3n) is 4.45. The highest BCUT2D eigenvalue weighted by Gasteiger charge is 2.19. The molecule has 2 aromatic heterocycles. The standard InChI is InChI=1S/C22H19N3O4S/c1-27-17-9-5-15(6-10-17)19(26)14-30-22-24-23-21(20-4-3-13-29-20)25(22)16-7-11-18(28-2)12-8-16/h3-13H,14H2,1-2H3. The quantitative estimate of drug-likeness (QED) is 0.306. The van der Waals surface area contributed by atoms with Crippen LogP contribution < -0.4 is 9.47 Å². The van der Waals surface area contributed by atoms with Crippen molar-refractivity contribution in [2.45, 2.75) is 5.16 Å². The zero-order valence-corrected chi connectivity index (χ0v) is 17.3. The molecule has 4 aromatic rings. The third-order valence-corrected chi connectivity index (χ3v) is 5.38. The van der Waals surface area contributed by atoms with E-state index >= 15 is 0 Å². The van der Waals surface area contributed by atoms with Crippen LogP contribution in [-0.4, -0.2) is 40.5 Å². The molecule has 0 saturated carbocycles. The van der Waals surface area contributed by atoms with E-state index in [4.69, 9.17) is 13.9 Å². The van der Waals surface area contributed by atoms with Crippen molar-refractivity contribution in [1.82, 2.24) is 14.8 Å². The van der Waals surface area contributed by atoms with E-state index < -0.39 is 0 Å². The van der Waals surface area contributed by atoms with Crippen LogP contribution in [0.1, 0.15) is 10.4 Å². The summed E-state index contributed by atoms with van der Waals surface area (Å²) in [5.74, 6) is 2.82. The second kappa shape index (κ2) is 8.87. The molecule has 0 saturated heterocycles. The first-order valence-corrected chi connectivity index (χ1v) is 10.1. The van der Waals surface area contributed by atoms with Gasteiger partial charge >= 0.3 is 0 Å². The Morgan fingerprint density at radius 3 is 2.23 bits per heavy atom. The minimum absolute atomic E-state index is 0.00789. The van der Waals surface area contributed by atoms with Crippen molar-refractivity contribution in [1.29, 1.82) is 0 Å². The van der Waals surface area contributed by atoms with Gasteiger partial charge in [-0.1, -0.05) is 11.8 Å². The Morgan fingerprint density at radius 1 is 0.967 bits per heavy atom. The van der Waals surface area contributed by atoms with Gasteiger partial charge in [-0.2, -0.15) is 0 Å². The molecule has 0 fully saturated rings. The van der Waals surface area contributed by atoms with Crippen molar-refractivity contribution in [3.8, 4) is 28.8 Å². The van der Waals surface area contributed by atoms with Crippen molar-refractivity contribution >= 4 is 17.5 Å². The lowest BCUT2D eigenvalue weighted by atomic mass is 10.1. The van der Waals surface area contributed by atoms with E-state index in [1.54, 1.807) is 50.8 Å². The van der Waals surface area contributed by atoms with Crippen LogP contribution in [0, 0.1) is 0 Å². The largest absolute Gasteiger partial charge is 0.497 e. The Bertz CT molecular complexity index is 1120. The van der Waals surface area contributed by atoms with Crippen molar-refractivity contribution in [3.05, 3.63) is 72.5 Å². The van der Waals surface area contributed by atoms with E-state index in [9.17, 15) is 4.79 Å². The number of aromatic nitrogens is 3. The zero-order chi connectivity index (χ0) is 20.9. The van der Waals surface area contributed by atoms with Crippen LogP contribution in [0.2, 0.25) is 0 Å². The molecule has 2 aromatic carbocycles. The predicted octanol–water partition coefficient (Wildman–Crippen LogP) is 4.52. The van der Waals surface area contributed by atoms with E-state index in [0.29, 0.717) is 28.1 Å². The van der Waals surface area contributed by atoms with Gasteiger partial charge in [0, 0.05) is 5.56 Å². The maximum absolute atomic E-state index is 12.6. The molecule has 0 N–H and O–H groups in total. The van der Waals surface area contributed by atoms with Gasteiger partial charge in [0.25, 0.3) is 0 Å². The lowest BCUT2D eigenvalue weighted by Gasteiger charge is -2.10. The summed E-state index contributed by atoms with van der Waals surface area (Å²) >= 11 is 1.32. The molecule has 0 amide bonds. The molecule has 0 radical (unpaired) electrons. The van der Waals surface area contributed by atoms with Gasteiger partial charge in [0.2, 0.25) is 5.82 Å². The minimum Gasteiger partial charge on any atom is -0.497 e. The normalized spacial score (nSPS) is 10.7. The topological polar surface area (TPSA) is 79.4 Å². The van der Waals surface area contributed by atoms with Gasteiger partial charge in [-0.3, -0.25) is 9.36 Å². The van der Waals surface area contributed by atoms with Gasteiger partial charge in [0.1, 0.15) is 11.5 Å². The number of hydrogen-bond acceptors (Lipinski definition) is 7. The summed E-state index contributed by atoms with van der Waals surface area (Å²) in [5, 5.41) is 9.18. The summed E-state index contributed by atoms with van der Waals surface area (Å²) in [6.07, 6.45) is 1.59.